The van der Waals surface area contributed by atoms with Gasteiger partial charge in [0.1, 0.15) is 0 Å². The number of para-hydroxylation sites is 2. The zero-order valence-corrected chi connectivity index (χ0v) is 9.81. The molecule has 1 aromatic carbocycles. The van der Waals surface area contributed by atoms with Gasteiger partial charge in [-0.2, -0.15) is 0 Å². The van der Waals surface area contributed by atoms with Crippen molar-refractivity contribution in [1.29, 1.82) is 0 Å². The monoisotopic (exact) mass is 232 g/mol. The van der Waals surface area contributed by atoms with Crippen molar-refractivity contribution < 1.29 is 4.79 Å². The number of hydrogen-bond acceptors (Lipinski definition) is 3. The molecule has 1 heterocycles. The second-order valence-corrected chi connectivity index (χ2v) is 3.88. The highest BCUT2D eigenvalue weighted by molar-refractivity contribution is 5.92. The number of amides is 1. The molecular formula is C12H16N4O. The van der Waals surface area contributed by atoms with Crippen molar-refractivity contribution in [2.45, 2.75) is 19.8 Å². The third-order valence-electron chi connectivity index (χ3n) is 2.59. The van der Waals surface area contributed by atoms with Gasteiger partial charge in [-0.1, -0.05) is 25.5 Å². The van der Waals surface area contributed by atoms with E-state index in [2.05, 4.69) is 17.2 Å². The molecule has 2 aromatic rings. The van der Waals surface area contributed by atoms with Gasteiger partial charge in [0.2, 0.25) is 5.95 Å². The van der Waals surface area contributed by atoms with Crippen LogP contribution < -0.4 is 11.1 Å². The van der Waals surface area contributed by atoms with Gasteiger partial charge < -0.3 is 11.1 Å². The van der Waals surface area contributed by atoms with E-state index in [9.17, 15) is 4.79 Å². The van der Waals surface area contributed by atoms with E-state index in [0.29, 0.717) is 5.95 Å². The first kappa shape index (κ1) is 11.4. The van der Waals surface area contributed by atoms with Crippen LogP contribution in [-0.2, 0) is 0 Å². The molecule has 0 saturated carbocycles. The average Bonchev–Trinajstić information content (AvgIpc) is 2.67. The highest BCUT2D eigenvalue weighted by Crippen LogP contribution is 2.18. The molecule has 0 fully saturated rings. The number of anilines is 1. The normalized spacial score (nSPS) is 10.6. The van der Waals surface area contributed by atoms with E-state index in [1.54, 1.807) is 0 Å². The number of unbranched alkanes of at least 4 members (excludes halogenated alkanes) is 1. The van der Waals surface area contributed by atoms with Crippen LogP contribution in [0.1, 0.15) is 19.8 Å². The van der Waals surface area contributed by atoms with Crippen molar-refractivity contribution in [1.82, 2.24) is 9.55 Å². The van der Waals surface area contributed by atoms with Crippen LogP contribution in [0.15, 0.2) is 24.3 Å². The zero-order valence-electron chi connectivity index (χ0n) is 9.81. The number of fused-ring (bicyclic) bond motifs is 1. The molecule has 0 unspecified atom stereocenters. The van der Waals surface area contributed by atoms with Crippen molar-refractivity contribution in [3.63, 3.8) is 0 Å². The standard InChI is InChI=1S/C12H16N4O/c1-2-3-8-14-12-15-9-6-4-5-7-10(9)16(12)11(13)17/h4-7H,2-3,8H2,1H3,(H2,13,17)(H,14,15). The lowest BCUT2D eigenvalue weighted by molar-refractivity contribution is 0.251. The van der Waals surface area contributed by atoms with Crippen LogP contribution in [0.5, 0.6) is 0 Å². The maximum Gasteiger partial charge on any atom is 0.326 e. The Morgan fingerprint density at radius 2 is 2.24 bits per heavy atom. The Bertz CT molecular complexity index is 532. The lowest BCUT2D eigenvalue weighted by Crippen LogP contribution is -2.22. The molecule has 5 nitrogen and oxygen atoms in total. The molecule has 0 atom stereocenters. The molecule has 0 aliphatic rings. The smallest absolute Gasteiger partial charge is 0.326 e. The minimum absolute atomic E-state index is 0.516. The summed E-state index contributed by atoms with van der Waals surface area (Å²) in [6.07, 6.45) is 2.12. The summed E-state index contributed by atoms with van der Waals surface area (Å²) >= 11 is 0. The number of nitrogens with one attached hydrogen (secondary N) is 1. The van der Waals surface area contributed by atoms with Gasteiger partial charge in [0.15, 0.2) is 0 Å². The predicted molar refractivity (Wildman–Crippen MR) is 68.1 cm³/mol. The van der Waals surface area contributed by atoms with E-state index >= 15 is 0 Å². The van der Waals surface area contributed by atoms with Crippen molar-refractivity contribution >= 4 is 23.0 Å². The molecule has 0 aliphatic carbocycles. The van der Waals surface area contributed by atoms with Gasteiger partial charge >= 0.3 is 6.03 Å². The van der Waals surface area contributed by atoms with Gasteiger partial charge in [-0.15, -0.1) is 0 Å². The Morgan fingerprint density at radius 1 is 1.47 bits per heavy atom. The second-order valence-electron chi connectivity index (χ2n) is 3.88. The van der Waals surface area contributed by atoms with Crippen molar-refractivity contribution in [3.05, 3.63) is 24.3 Å². The van der Waals surface area contributed by atoms with E-state index in [-0.39, 0.29) is 0 Å². The van der Waals surface area contributed by atoms with Gasteiger partial charge in [-0.25, -0.2) is 14.3 Å². The number of nitrogens with two attached hydrogens (primary N) is 1. The van der Waals surface area contributed by atoms with Crippen molar-refractivity contribution in [2.75, 3.05) is 11.9 Å². The van der Waals surface area contributed by atoms with E-state index in [1.807, 2.05) is 24.3 Å². The fourth-order valence-corrected chi connectivity index (χ4v) is 1.74. The Labute approximate surface area is 99.6 Å². The molecule has 0 bridgehead atoms. The summed E-state index contributed by atoms with van der Waals surface area (Å²) in [5.41, 5.74) is 6.88. The first-order valence-electron chi connectivity index (χ1n) is 5.75. The highest BCUT2D eigenvalue weighted by Gasteiger charge is 2.13. The number of aromatic nitrogens is 2. The first-order chi connectivity index (χ1) is 8.24. The van der Waals surface area contributed by atoms with Crippen LogP contribution in [0.2, 0.25) is 0 Å². The molecule has 3 N–H and O–H groups in total. The topological polar surface area (TPSA) is 72.9 Å². The second kappa shape index (κ2) is 4.86. The quantitative estimate of drug-likeness (QED) is 0.793. The maximum absolute atomic E-state index is 11.4. The van der Waals surface area contributed by atoms with Gasteiger partial charge in [0, 0.05) is 6.54 Å². The summed E-state index contributed by atoms with van der Waals surface area (Å²) in [7, 11) is 0. The number of hydrogen-bond donors (Lipinski definition) is 2. The molecule has 1 aromatic heterocycles. The molecule has 2 rings (SSSR count). The number of rotatable bonds is 4. The number of benzene rings is 1. The third kappa shape index (κ3) is 2.22. The van der Waals surface area contributed by atoms with E-state index < -0.39 is 6.03 Å². The van der Waals surface area contributed by atoms with E-state index in [0.717, 1.165) is 30.4 Å². The van der Waals surface area contributed by atoms with Gasteiger partial charge in [0.05, 0.1) is 11.0 Å². The van der Waals surface area contributed by atoms with Crippen LogP contribution in [0.4, 0.5) is 10.7 Å². The van der Waals surface area contributed by atoms with Gasteiger partial charge in [-0.05, 0) is 18.6 Å². The molecule has 17 heavy (non-hydrogen) atoms. The van der Waals surface area contributed by atoms with Crippen molar-refractivity contribution in [2.24, 2.45) is 5.73 Å². The van der Waals surface area contributed by atoms with Gasteiger partial charge in [0.25, 0.3) is 0 Å². The van der Waals surface area contributed by atoms with E-state index in [4.69, 9.17) is 5.73 Å². The number of imidazole rings is 1. The molecule has 0 aliphatic heterocycles. The molecule has 0 radical (unpaired) electrons. The largest absolute Gasteiger partial charge is 0.355 e. The lowest BCUT2D eigenvalue weighted by atomic mass is 10.3. The van der Waals surface area contributed by atoms with Crippen LogP contribution in [0, 0.1) is 0 Å². The summed E-state index contributed by atoms with van der Waals surface area (Å²) < 4.78 is 1.41. The Morgan fingerprint density at radius 3 is 2.94 bits per heavy atom. The molecule has 0 saturated heterocycles. The third-order valence-corrected chi connectivity index (χ3v) is 2.59. The summed E-state index contributed by atoms with van der Waals surface area (Å²) in [6.45, 7) is 2.89. The molecule has 5 heteroatoms. The van der Waals surface area contributed by atoms with Crippen LogP contribution in [0.25, 0.3) is 11.0 Å². The number of carbonyl (C=O) groups excluding carboxylic acids is 1. The zero-order chi connectivity index (χ0) is 12.3. The Hall–Kier alpha value is -2.04. The molecule has 1 amide bonds. The predicted octanol–water partition coefficient (Wildman–Crippen LogP) is 2.18. The van der Waals surface area contributed by atoms with Crippen LogP contribution in [-0.4, -0.2) is 22.1 Å². The summed E-state index contributed by atoms with van der Waals surface area (Å²) in [5.74, 6) is 0.521. The van der Waals surface area contributed by atoms with Crippen LogP contribution >= 0.6 is 0 Å². The summed E-state index contributed by atoms with van der Waals surface area (Å²) in [6, 6.07) is 6.92. The van der Waals surface area contributed by atoms with Crippen LogP contribution in [0.3, 0.4) is 0 Å². The van der Waals surface area contributed by atoms with E-state index in [1.165, 1.54) is 4.57 Å². The number of primary amides is 1. The molecule has 0 spiro atoms. The number of nitrogens with zero attached hydrogens (tertiary/aromatic N) is 2. The fraction of sp³-hybridized carbons (Fsp3) is 0.333. The highest BCUT2D eigenvalue weighted by atomic mass is 16.2. The Kier molecular flexibility index (Phi) is 3.27. The maximum atomic E-state index is 11.4. The minimum Gasteiger partial charge on any atom is -0.355 e. The summed E-state index contributed by atoms with van der Waals surface area (Å²) in [5, 5.41) is 3.14. The SMILES string of the molecule is CCCCNc1nc2ccccc2n1C(N)=O. The fourth-order valence-electron chi connectivity index (χ4n) is 1.74. The lowest BCUT2D eigenvalue weighted by Gasteiger charge is -2.06. The number of carbonyl (C=O) groups is 1. The first-order valence-corrected chi connectivity index (χ1v) is 5.75. The minimum atomic E-state index is -0.516. The van der Waals surface area contributed by atoms with Gasteiger partial charge in [-0.3, -0.25) is 0 Å². The Balaban J connectivity index is 2.39. The molecular weight excluding hydrogens is 216 g/mol. The van der Waals surface area contributed by atoms with Crippen molar-refractivity contribution in [3.8, 4) is 0 Å². The summed E-state index contributed by atoms with van der Waals surface area (Å²) in [4.78, 5) is 15.8. The average molecular weight is 232 g/mol. The molecule has 90 valence electrons.